The molecule has 0 aromatic rings. The lowest BCUT2D eigenvalue weighted by atomic mass is 9.85. The summed E-state index contributed by atoms with van der Waals surface area (Å²) in [6.07, 6.45) is 2.24. The average Bonchev–Trinajstić information content (AvgIpc) is 2.83. The monoisotopic (exact) mass is 300 g/mol. The number of carboxylic acids is 1. The Morgan fingerprint density at radius 3 is 2.70 bits per heavy atom. The normalized spacial score (nSPS) is 44.5. The fourth-order valence-corrected chi connectivity index (χ4v) is 5.61. The third-order valence-corrected chi connectivity index (χ3v) is 7.19. The first kappa shape index (κ1) is 13.2. The van der Waals surface area contributed by atoms with E-state index in [1.165, 1.54) is 19.2 Å². The molecule has 3 aliphatic rings. The molecule has 9 nitrogen and oxygen atoms in total. The summed E-state index contributed by atoms with van der Waals surface area (Å²) in [6.45, 7) is 1.21. The zero-order valence-electron chi connectivity index (χ0n) is 10.4. The molecule has 0 saturated carbocycles. The van der Waals surface area contributed by atoms with Crippen molar-refractivity contribution in [3.8, 4) is 0 Å². The van der Waals surface area contributed by atoms with Gasteiger partial charge in [0.15, 0.2) is 21.5 Å². The van der Waals surface area contributed by atoms with Crippen LogP contribution >= 0.6 is 0 Å². The van der Waals surface area contributed by atoms with E-state index >= 15 is 0 Å². The highest BCUT2D eigenvalue weighted by molar-refractivity contribution is 7.94. The maximum Gasteiger partial charge on any atom is 0.328 e. The van der Waals surface area contributed by atoms with Crippen LogP contribution in [0.15, 0.2) is 22.5 Å². The topological polar surface area (TPSA) is 142 Å². The molecule has 0 spiro atoms. The van der Waals surface area contributed by atoms with E-state index in [1.54, 1.807) is 0 Å². The van der Waals surface area contributed by atoms with Gasteiger partial charge in [0, 0.05) is 6.20 Å². The van der Waals surface area contributed by atoms with Gasteiger partial charge in [0.25, 0.3) is 0 Å². The van der Waals surface area contributed by atoms with Gasteiger partial charge < -0.3 is 15.7 Å². The fraction of sp³-hybridized carbons (Fsp3) is 0.600. The van der Waals surface area contributed by atoms with Gasteiger partial charge in [0.05, 0.1) is 6.42 Å². The Kier molecular flexibility index (Phi) is 2.27. The second kappa shape index (κ2) is 3.44. The van der Waals surface area contributed by atoms with Gasteiger partial charge in [0.2, 0.25) is 5.91 Å². The first-order valence-electron chi connectivity index (χ1n) is 5.83. The van der Waals surface area contributed by atoms with E-state index < -0.39 is 43.5 Å². The molecule has 1 amide bonds. The van der Waals surface area contributed by atoms with Crippen LogP contribution in [0.25, 0.3) is 0 Å². The maximum atomic E-state index is 12.7. The molecule has 3 aliphatic heterocycles. The molecule has 0 radical (unpaired) electrons. The van der Waals surface area contributed by atoms with E-state index in [9.17, 15) is 23.1 Å². The molecule has 108 valence electrons. The minimum atomic E-state index is -4.00. The summed E-state index contributed by atoms with van der Waals surface area (Å²) >= 11 is 0. The van der Waals surface area contributed by atoms with Crippen LogP contribution in [-0.2, 0) is 19.4 Å². The van der Waals surface area contributed by atoms with Crippen LogP contribution in [-0.4, -0.2) is 52.1 Å². The molecule has 10 heteroatoms. The Labute approximate surface area is 114 Å². The molecule has 0 aromatic heterocycles. The van der Waals surface area contributed by atoms with Crippen molar-refractivity contribution in [2.75, 3.05) is 0 Å². The highest BCUT2D eigenvalue weighted by atomic mass is 32.2. The first-order chi connectivity index (χ1) is 9.17. The molecule has 0 aliphatic carbocycles. The van der Waals surface area contributed by atoms with Gasteiger partial charge in [-0.05, 0) is 13.0 Å². The number of carbonyl (C=O) groups excluding carboxylic acids is 1. The lowest BCUT2D eigenvalue weighted by molar-refractivity contribution is -0.158. The lowest BCUT2D eigenvalue weighted by Gasteiger charge is -2.38. The Hall–Kier alpha value is -1.81. The summed E-state index contributed by atoms with van der Waals surface area (Å²) in [5, 5.41) is 15.5. The quantitative estimate of drug-likeness (QED) is 0.614. The van der Waals surface area contributed by atoms with Crippen molar-refractivity contribution in [3.05, 3.63) is 12.3 Å². The highest BCUT2D eigenvalue weighted by Gasteiger charge is 2.76. The third kappa shape index (κ3) is 1.14. The number of β-lactam (4-membered cyclic amide) rings is 1. The molecule has 0 aromatic carbocycles. The van der Waals surface area contributed by atoms with Crippen LogP contribution in [0.2, 0.25) is 0 Å². The molecular formula is C10H12N4O5S. The van der Waals surface area contributed by atoms with Gasteiger partial charge in [-0.1, -0.05) is 0 Å². The summed E-state index contributed by atoms with van der Waals surface area (Å²) in [5.41, 5.74) is 4.17. The zero-order chi connectivity index (χ0) is 14.9. The molecule has 0 bridgehead atoms. The Bertz CT molecular complexity index is 672. The summed E-state index contributed by atoms with van der Waals surface area (Å²) in [5.74, 6) is -1.94. The number of sulfone groups is 1. The molecule has 3 unspecified atom stereocenters. The standard InChI is InChI=1S/C10H12N4O5S/c1-9(10(11)2-3-12-13-10)7(8(16)17)14-5(15)4-6(14)20(9,18)19/h2-3,6-7H,4,11H2,1H3,(H,16,17)/t6?,7-,9?,10?/m0/s1. The van der Waals surface area contributed by atoms with Crippen molar-refractivity contribution >= 4 is 21.7 Å². The van der Waals surface area contributed by atoms with E-state index in [1.807, 2.05) is 0 Å². The largest absolute Gasteiger partial charge is 0.480 e. The molecule has 2 saturated heterocycles. The van der Waals surface area contributed by atoms with Gasteiger partial charge in [0.1, 0.15) is 10.1 Å². The predicted octanol–water partition coefficient (Wildman–Crippen LogP) is -1.18. The second-order valence-corrected chi connectivity index (χ2v) is 7.69. The van der Waals surface area contributed by atoms with Gasteiger partial charge in [-0.15, -0.1) is 0 Å². The summed E-state index contributed by atoms with van der Waals surface area (Å²) in [7, 11) is -4.00. The number of hydrogen-bond donors (Lipinski definition) is 2. The molecule has 3 N–H and O–H groups in total. The van der Waals surface area contributed by atoms with Crippen molar-refractivity contribution in [3.63, 3.8) is 0 Å². The van der Waals surface area contributed by atoms with Crippen LogP contribution in [0.5, 0.6) is 0 Å². The number of nitrogens with zero attached hydrogens (tertiary/aromatic N) is 3. The summed E-state index contributed by atoms with van der Waals surface area (Å²) in [4.78, 5) is 24.0. The highest BCUT2D eigenvalue weighted by Crippen LogP contribution is 2.51. The maximum absolute atomic E-state index is 12.7. The Balaban J connectivity index is 2.26. The van der Waals surface area contributed by atoms with Crippen LogP contribution in [0.3, 0.4) is 0 Å². The molecule has 4 atom stereocenters. The SMILES string of the molecule is CC1(C2(N)C=CN=N2)[C@H](C(=O)O)N2C(=O)CC2S1(=O)=O. The number of fused-ring (bicyclic) bond motifs is 1. The molecule has 3 rings (SSSR count). The van der Waals surface area contributed by atoms with E-state index in [0.29, 0.717) is 0 Å². The number of nitrogens with two attached hydrogens (primary N) is 1. The molecule has 2 fully saturated rings. The van der Waals surface area contributed by atoms with Crippen molar-refractivity contribution in [1.29, 1.82) is 0 Å². The minimum absolute atomic E-state index is 0.224. The van der Waals surface area contributed by atoms with Crippen molar-refractivity contribution in [2.24, 2.45) is 16.0 Å². The molecule has 20 heavy (non-hydrogen) atoms. The summed E-state index contributed by atoms with van der Waals surface area (Å²) < 4.78 is 23.4. The lowest BCUT2D eigenvalue weighted by Crippen LogP contribution is -2.66. The third-order valence-electron chi connectivity index (χ3n) is 4.34. The summed E-state index contributed by atoms with van der Waals surface area (Å²) in [6, 6.07) is -1.58. The minimum Gasteiger partial charge on any atom is -0.480 e. The fourth-order valence-electron chi connectivity index (χ4n) is 3.05. The van der Waals surface area contributed by atoms with E-state index in [2.05, 4.69) is 10.2 Å². The van der Waals surface area contributed by atoms with Crippen molar-refractivity contribution in [1.82, 2.24) is 4.90 Å². The average molecular weight is 300 g/mol. The van der Waals surface area contributed by atoms with Crippen LogP contribution in [0.1, 0.15) is 13.3 Å². The molecule has 3 heterocycles. The van der Waals surface area contributed by atoms with Crippen molar-refractivity contribution < 1.29 is 23.1 Å². The Morgan fingerprint density at radius 1 is 1.60 bits per heavy atom. The van der Waals surface area contributed by atoms with Gasteiger partial charge >= 0.3 is 5.97 Å². The van der Waals surface area contributed by atoms with E-state index in [4.69, 9.17) is 5.73 Å². The van der Waals surface area contributed by atoms with Gasteiger partial charge in [-0.3, -0.25) is 4.79 Å². The van der Waals surface area contributed by atoms with Crippen LogP contribution in [0, 0.1) is 0 Å². The number of amides is 1. The predicted molar refractivity (Wildman–Crippen MR) is 64.9 cm³/mol. The second-order valence-electron chi connectivity index (χ2n) is 5.21. The van der Waals surface area contributed by atoms with Crippen molar-refractivity contribution in [2.45, 2.75) is 35.2 Å². The number of azo groups is 1. The first-order valence-corrected chi connectivity index (χ1v) is 7.37. The Morgan fingerprint density at radius 2 is 2.25 bits per heavy atom. The van der Waals surface area contributed by atoms with Gasteiger partial charge in [-0.25, -0.2) is 13.2 Å². The van der Waals surface area contributed by atoms with Gasteiger partial charge in [-0.2, -0.15) is 10.2 Å². The zero-order valence-corrected chi connectivity index (χ0v) is 11.2. The number of rotatable bonds is 2. The van der Waals surface area contributed by atoms with Crippen LogP contribution in [0.4, 0.5) is 0 Å². The molecular weight excluding hydrogens is 288 g/mol. The smallest absolute Gasteiger partial charge is 0.328 e. The number of carbonyl (C=O) groups is 2. The van der Waals surface area contributed by atoms with Crippen LogP contribution < -0.4 is 5.73 Å². The number of aliphatic carboxylic acids is 1. The van der Waals surface area contributed by atoms with E-state index in [0.717, 1.165) is 4.90 Å². The number of hydrogen-bond acceptors (Lipinski definition) is 7. The van der Waals surface area contributed by atoms with E-state index in [-0.39, 0.29) is 6.42 Å². The number of carboxylic acid groups (broad SMARTS) is 1.